The molecule has 3 aromatic carbocycles. The predicted molar refractivity (Wildman–Crippen MR) is 144 cm³/mol. The molecule has 2 N–H and O–H groups in total. The van der Waals surface area contributed by atoms with Crippen LogP contribution in [0.5, 0.6) is 11.5 Å². The summed E-state index contributed by atoms with van der Waals surface area (Å²) in [4.78, 5) is 29.2. The highest BCUT2D eigenvalue weighted by molar-refractivity contribution is 5.88. The highest BCUT2D eigenvalue weighted by Gasteiger charge is 2.23. The van der Waals surface area contributed by atoms with Crippen molar-refractivity contribution in [3.8, 4) is 11.5 Å². The Kier molecular flexibility index (Phi) is 8.25. The molecule has 0 saturated carbocycles. The maximum Gasteiger partial charge on any atom is 0.248 e. The van der Waals surface area contributed by atoms with Crippen LogP contribution in [0.1, 0.15) is 36.6 Å². The van der Waals surface area contributed by atoms with Crippen LogP contribution in [-0.2, 0) is 17.8 Å². The normalized spacial score (nSPS) is 12.6. The minimum Gasteiger partial charge on any atom is -0.497 e. The molecule has 0 radical (unpaired) electrons. The number of benzene rings is 3. The summed E-state index contributed by atoms with van der Waals surface area (Å²) >= 11 is 0. The molecular formula is C30H32N2O5. The van der Waals surface area contributed by atoms with Gasteiger partial charge in [-0.25, -0.2) is 0 Å². The van der Waals surface area contributed by atoms with E-state index >= 15 is 0 Å². The summed E-state index contributed by atoms with van der Waals surface area (Å²) in [5.74, 6) is 1.17. The van der Waals surface area contributed by atoms with Crippen LogP contribution in [0.2, 0.25) is 0 Å². The summed E-state index contributed by atoms with van der Waals surface area (Å²) in [5.41, 5.74) is 2.93. The topological polar surface area (TPSA) is 91.9 Å². The number of methoxy groups -OCH3 is 1. The lowest BCUT2D eigenvalue weighted by Gasteiger charge is -2.31. The second kappa shape index (κ2) is 11.8. The Morgan fingerprint density at radius 3 is 2.38 bits per heavy atom. The Morgan fingerprint density at radius 2 is 1.70 bits per heavy atom. The first-order valence-corrected chi connectivity index (χ1v) is 12.3. The van der Waals surface area contributed by atoms with E-state index in [1.165, 1.54) is 13.0 Å². The van der Waals surface area contributed by atoms with Gasteiger partial charge in [-0.2, -0.15) is 0 Å². The van der Waals surface area contributed by atoms with Gasteiger partial charge >= 0.3 is 0 Å². The van der Waals surface area contributed by atoms with Gasteiger partial charge in [-0.1, -0.05) is 48.5 Å². The minimum absolute atomic E-state index is 0.116. The van der Waals surface area contributed by atoms with Crippen molar-refractivity contribution >= 4 is 16.8 Å². The Labute approximate surface area is 216 Å². The van der Waals surface area contributed by atoms with Gasteiger partial charge in [0.25, 0.3) is 0 Å². The van der Waals surface area contributed by atoms with Crippen LogP contribution in [0.4, 0.5) is 0 Å². The van der Waals surface area contributed by atoms with E-state index in [9.17, 15) is 14.7 Å². The predicted octanol–water partition coefficient (Wildman–Crippen LogP) is 4.63. The minimum atomic E-state index is -0.959. The fraction of sp³-hybridized carbons (Fsp3) is 0.267. The Morgan fingerprint density at radius 1 is 0.973 bits per heavy atom. The Bertz CT molecular complexity index is 1400. The highest BCUT2D eigenvalue weighted by atomic mass is 16.5. The van der Waals surface area contributed by atoms with E-state index in [0.717, 1.165) is 16.9 Å². The second-order valence-corrected chi connectivity index (χ2v) is 9.13. The van der Waals surface area contributed by atoms with Gasteiger partial charge in [0.1, 0.15) is 18.1 Å². The van der Waals surface area contributed by atoms with Crippen molar-refractivity contribution in [2.24, 2.45) is 0 Å². The monoisotopic (exact) mass is 500 g/mol. The van der Waals surface area contributed by atoms with Gasteiger partial charge in [0, 0.05) is 24.4 Å². The zero-order valence-corrected chi connectivity index (χ0v) is 21.3. The summed E-state index contributed by atoms with van der Waals surface area (Å²) in [6.45, 7) is 3.93. The van der Waals surface area contributed by atoms with Crippen LogP contribution in [0.3, 0.4) is 0 Å². The number of aliphatic hydroxyl groups is 1. The molecular weight excluding hydrogens is 468 g/mol. The number of hydrogen-bond acceptors (Lipinski definition) is 5. The van der Waals surface area contributed by atoms with E-state index in [4.69, 9.17) is 9.47 Å². The zero-order valence-electron chi connectivity index (χ0n) is 21.3. The number of amides is 1. The largest absolute Gasteiger partial charge is 0.497 e. The maximum atomic E-state index is 12.6. The Balaban J connectivity index is 1.55. The summed E-state index contributed by atoms with van der Waals surface area (Å²) < 4.78 is 11.2. The zero-order chi connectivity index (χ0) is 26.4. The number of carbonyl (C=O) groups is 1. The smallest absolute Gasteiger partial charge is 0.248 e. The first-order chi connectivity index (χ1) is 17.9. The van der Waals surface area contributed by atoms with Crippen molar-refractivity contribution in [2.45, 2.75) is 39.0 Å². The third-order valence-corrected chi connectivity index (χ3v) is 6.48. The molecule has 2 unspecified atom stereocenters. The second-order valence-electron chi connectivity index (χ2n) is 9.13. The van der Waals surface area contributed by atoms with Gasteiger partial charge < -0.3 is 24.5 Å². The standard InChI is InChI=1S/C30H32N2O5/c1-20(17-22-9-11-24(36-3)12-10-22)32(21(2)33)18-27(34)25-13-15-28(30-26(25)14-16-29(35)31-30)37-19-23-7-5-4-6-8-23/h4-16,20,27,34H,17-19H2,1-3H3,(H,31,35). The number of nitrogens with one attached hydrogen (secondary N) is 1. The summed E-state index contributed by atoms with van der Waals surface area (Å²) in [7, 11) is 1.62. The molecule has 0 aliphatic heterocycles. The lowest BCUT2D eigenvalue weighted by molar-refractivity contribution is -0.132. The first kappa shape index (κ1) is 26.0. The Hall–Kier alpha value is -4.10. The van der Waals surface area contributed by atoms with Crippen LogP contribution < -0.4 is 15.0 Å². The van der Waals surface area contributed by atoms with Crippen molar-refractivity contribution in [3.05, 3.63) is 106 Å². The summed E-state index contributed by atoms with van der Waals surface area (Å²) in [6.07, 6.45) is -0.324. The molecule has 2 atom stereocenters. The molecule has 0 fully saturated rings. The van der Waals surface area contributed by atoms with Crippen molar-refractivity contribution in [2.75, 3.05) is 13.7 Å². The molecule has 1 amide bonds. The first-order valence-electron chi connectivity index (χ1n) is 12.3. The fourth-order valence-corrected chi connectivity index (χ4v) is 4.51. The molecule has 4 rings (SSSR count). The molecule has 0 aliphatic carbocycles. The van der Waals surface area contributed by atoms with Crippen LogP contribution in [0.25, 0.3) is 10.9 Å². The van der Waals surface area contributed by atoms with Gasteiger partial charge in [0.05, 0.1) is 25.3 Å². The molecule has 4 aromatic rings. The third kappa shape index (κ3) is 6.37. The highest BCUT2D eigenvalue weighted by Crippen LogP contribution is 2.31. The third-order valence-electron chi connectivity index (χ3n) is 6.48. The molecule has 1 aromatic heterocycles. The van der Waals surface area contributed by atoms with Gasteiger partial charge in [-0.3, -0.25) is 9.59 Å². The number of aliphatic hydroxyl groups excluding tert-OH is 1. The molecule has 0 saturated heterocycles. The lowest BCUT2D eigenvalue weighted by Crippen LogP contribution is -2.41. The van der Waals surface area contributed by atoms with Crippen LogP contribution in [-0.4, -0.2) is 40.6 Å². The van der Waals surface area contributed by atoms with Crippen LogP contribution in [0, 0.1) is 0 Å². The number of pyridine rings is 1. The number of carbonyl (C=O) groups excluding carboxylic acids is 1. The number of nitrogens with zero attached hydrogens (tertiary/aromatic N) is 1. The van der Waals surface area contributed by atoms with E-state index in [2.05, 4.69) is 4.98 Å². The molecule has 7 heteroatoms. The fourth-order valence-electron chi connectivity index (χ4n) is 4.51. The van der Waals surface area contributed by atoms with E-state index in [1.807, 2.05) is 61.5 Å². The van der Waals surface area contributed by atoms with Gasteiger partial charge in [-0.05, 0) is 54.3 Å². The molecule has 0 aliphatic rings. The molecule has 7 nitrogen and oxygen atoms in total. The van der Waals surface area contributed by atoms with Gasteiger partial charge in [0.2, 0.25) is 11.5 Å². The number of aromatic amines is 1. The number of ether oxygens (including phenoxy) is 2. The quantitative estimate of drug-likeness (QED) is 0.331. The lowest BCUT2D eigenvalue weighted by atomic mass is 10.0. The average molecular weight is 501 g/mol. The molecule has 192 valence electrons. The number of H-pyrrole nitrogens is 1. The molecule has 0 spiro atoms. The summed E-state index contributed by atoms with van der Waals surface area (Å²) in [5, 5.41) is 11.9. The van der Waals surface area contributed by atoms with Crippen molar-refractivity contribution in [1.82, 2.24) is 9.88 Å². The van der Waals surface area contributed by atoms with E-state index < -0.39 is 6.10 Å². The number of hydrogen-bond donors (Lipinski definition) is 2. The SMILES string of the molecule is COc1ccc(CC(C)N(CC(O)c2ccc(OCc3ccccc3)c3[nH]c(=O)ccc23)C(C)=O)cc1. The molecule has 1 heterocycles. The van der Waals surface area contributed by atoms with E-state index in [1.54, 1.807) is 30.2 Å². The number of aromatic nitrogens is 1. The number of fused-ring (bicyclic) bond motifs is 1. The van der Waals surface area contributed by atoms with Gasteiger partial charge in [0.15, 0.2) is 0 Å². The molecule has 0 bridgehead atoms. The molecule has 37 heavy (non-hydrogen) atoms. The van der Waals surface area contributed by atoms with E-state index in [0.29, 0.717) is 35.2 Å². The number of rotatable bonds is 10. The van der Waals surface area contributed by atoms with E-state index in [-0.39, 0.29) is 24.1 Å². The van der Waals surface area contributed by atoms with Crippen molar-refractivity contribution < 1.29 is 19.4 Å². The van der Waals surface area contributed by atoms with Crippen LogP contribution >= 0.6 is 0 Å². The van der Waals surface area contributed by atoms with Crippen molar-refractivity contribution in [1.29, 1.82) is 0 Å². The summed E-state index contributed by atoms with van der Waals surface area (Å²) in [6, 6.07) is 24.0. The van der Waals surface area contributed by atoms with Crippen LogP contribution in [0.15, 0.2) is 83.7 Å². The maximum absolute atomic E-state index is 12.6. The van der Waals surface area contributed by atoms with Gasteiger partial charge in [-0.15, -0.1) is 0 Å². The average Bonchev–Trinajstić information content (AvgIpc) is 2.90. The van der Waals surface area contributed by atoms with Crippen molar-refractivity contribution in [3.63, 3.8) is 0 Å².